The molecule has 0 saturated heterocycles. The van der Waals surface area contributed by atoms with E-state index in [-0.39, 0.29) is 11.7 Å². The van der Waals surface area contributed by atoms with Crippen molar-refractivity contribution in [3.05, 3.63) is 35.4 Å². The van der Waals surface area contributed by atoms with Crippen molar-refractivity contribution in [1.29, 1.82) is 0 Å². The summed E-state index contributed by atoms with van der Waals surface area (Å²) in [7, 11) is -1.54. The lowest BCUT2D eigenvalue weighted by atomic mass is 9.99. The van der Waals surface area contributed by atoms with Crippen LogP contribution in [-0.2, 0) is 14.6 Å². The van der Waals surface area contributed by atoms with Crippen LogP contribution in [0.4, 0.5) is 0 Å². The Kier molecular flexibility index (Phi) is 4.23. The number of sulfone groups is 1. The highest BCUT2D eigenvalue weighted by Gasteiger charge is 2.69. The van der Waals surface area contributed by atoms with Gasteiger partial charge in [0, 0.05) is 30.7 Å². The van der Waals surface area contributed by atoms with Gasteiger partial charge in [-0.25, -0.2) is 8.42 Å². The molecule has 0 aromatic heterocycles. The Balaban J connectivity index is 2.42. The van der Waals surface area contributed by atoms with E-state index in [0.29, 0.717) is 13.2 Å². The van der Waals surface area contributed by atoms with Crippen LogP contribution in [0.5, 0.6) is 0 Å². The van der Waals surface area contributed by atoms with Gasteiger partial charge < -0.3 is 10.5 Å². The molecular formula is C15H23NO3S. The minimum absolute atomic E-state index is 0.0574. The van der Waals surface area contributed by atoms with Crippen LogP contribution < -0.4 is 5.73 Å². The molecule has 2 N–H and O–H groups in total. The summed E-state index contributed by atoms with van der Waals surface area (Å²) >= 11 is 0. The van der Waals surface area contributed by atoms with Gasteiger partial charge in [-0.1, -0.05) is 36.8 Å². The van der Waals surface area contributed by atoms with E-state index in [0.717, 1.165) is 11.1 Å². The van der Waals surface area contributed by atoms with Gasteiger partial charge >= 0.3 is 0 Å². The number of benzene rings is 1. The Morgan fingerprint density at radius 3 is 2.35 bits per heavy atom. The maximum Gasteiger partial charge on any atom is 0.154 e. The molecular weight excluding hydrogens is 274 g/mol. The number of methoxy groups -OCH3 is 1. The average Bonchev–Trinajstić information content (AvgIpc) is 3.10. The fourth-order valence-electron chi connectivity index (χ4n) is 3.22. The third kappa shape index (κ3) is 2.38. The fraction of sp³-hybridized carbons (Fsp3) is 0.600. The Morgan fingerprint density at radius 1 is 1.30 bits per heavy atom. The second kappa shape index (κ2) is 5.47. The highest BCUT2D eigenvalue weighted by Crippen LogP contribution is 2.62. The van der Waals surface area contributed by atoms with Gasteiger partial charge in [-0.05, 0) is 12.5 Å². The molecule has 1 aromatic carbocycles. The molecule has 4 nitrogen and oxygen atoms in total. The predicted octanol–water partition coefficient (Wildman–Crippen LogP) is 1.49. The standard InChI is InChI=1S/C15H23NO3S/c1-4-20(17,18)14-13(15(14,9-16)10-19-3)12-7-5-11(2)6-8-12/h5-8,13-14H,4,9-10,16H2,1-3H3/t13-,14-,15-/m1/s1. The largest absolute Gasteiger partial charge is 0.384 e. The SMILES string of the molecule is CCS(=O)(=O)[C@@H]1[C@@H](c2ccc(C)cc2)[C@@]1(CN)COC. The molecule has 20 heavy (non-hydrogen) atoms. The van der Waals surface area contributed by atoms with Crippen molar-refractivity contribution >= 4 is 9.84 Å². The van der Waals surface area contributed by atoms with Crippen molar-refractivity contribution in [1.82, 2.24) is 0 Å². The monoisotopic (exact) mass is 297 g/mol. The second-order valence-electron chi connectivity index (χ2n) is 5.63. The smallest absolute Gasteiger partial charge is 0.154 e. The van der Waals surface area contributed by atoms with E-state index in [2.05, 4.69) is 0 Å². The van der Waals surface area contributed by atoms with Crippen LogP contribution in [0, 0.1) is 12.3 Å². The summed E-state index contributed by atoms with van der Waals surface area (Å²) < 4.78 is 30.0. The molecule has 0 aliphatic heterocycles. The minimum Gasteiger partial charge on any atom is -0.384 e. The molecule has 0 bridgehead atoms. The van der Waals surface area contributed by atoms with Crippen LogP contribution in [0.25, 0.3) is 0 Å². The average molecular weight is 297 g/mol. The lowest BCUT2D eigenvalue weighted by molar-refractivity contribution is 0.142. The molecule has 0 unspecified atom stereocenters. The summed E-state index contributed by atoms with van der Waals surface area (Å²) in [5, 5.41) is -0.423. The quantitative estimate of drug-likeness (QED) is 0.863. The summed E-state index contributed by atoms with van der Waals surface area (Å²) in [6.07, 6.45) is 0. The van der Waals surface area contributed by atoms with Gasteiger partial charge in [0.05, 0.1) is 11.9 Å². The van der Waals surface area contributed by atoms with E-state index in [1.165, 1.54) is 0 Å². The fourth-order valence-corrected chi connectivity index (χ4v) is 5.37. The zero-order valence-electron chi connectivity index (χ0n) is 12.3. The Morgan fingerprint density at radius 2 is 1.90 bits per heavy atom. The molecule has 112 valence electrons. The zero-order chi connectivity index (χ0) is 15.0. The molecule has 2 rings (SSSR count). The van der Waals surface area contributed by atoms with Crippen LogP contribution in [0.3, 0.4) is 0 Å². The van der Waals surface area contributed by atoms with Gasteiger partial charge in [-0.2, -0.15) is 0 Å². The molecule has 0 spiro atoms. The van der Waals surface area contributed by atoms with E-state index in [1.54, 1.807) is 14.0 Å². The molecule has 5 heteroatoms. The predicted molar refractivity (Wildman–Crippen MR) is 80.5 cm³/mol. The van der Waals surface area contributed by atoms with Gasteiger partial charge in [0.25, 0.3) is 0 Å². The van der Waals surface area contributed by atoms with Crippen LogP contribution >= 0.6 is 0 Å². The molecule has 0 heterocycles. The first kappa shape index (κ1) is 15.5. The number of hydrogen-bond donors (Lipinski definition) is 1. The summed E-state index contributed by atoms with van der Waals surface area (Å²) in [6.45, 7) is 4.41. The first-order valence-corrected chi connectivity index (χ1v) is 8.61. The summed E-state index contributed by atoms with van der Waals surface area (Å²) in [6, 6.07) is 8.03. The number of aryl methyl sites for hydroxylation is 1. The summed E-state index contributed by atoms with van der Waals surface area (Å²) in [5.41, 5.74) is 7.64. The first-order valence-electron chi connectivity index (χ1n) is 6.90. The zero-order valence-corrected chi connectivity index (χ0v) is 13.1. The Hall–Kier alpha value is -0.910. The second-order valence-corrected chi connectivity index (χ2v) is 8.04. The van der Waals surface area contributed by atoms with Crippen molar-refractivity contribution in [2.45, 2.75) is 25.0 Å². The third-order valence-corrected chi connectivity index (χ3v) is 6.72. The van der Waals surface area contributed by atoms with Gasteiger partial charge in [0.2, 0.25) is 0 Å². The third-order valence-electron chi connectivity index (χ3n) is 4.40. The van der Waals surface area contributed by atoms with Gasteiger partial charge in [-0.15, -0.1) is 0 Å². The number of rotatable bonds is 6. The van der Waals surface area contributed by atoms with Crippen LogP contribution in [-0.4, -0.2) is 39.7 Å². The van der Waals surface area contributed by atoms with Crippen molar-refractivity contribution < 1.29 is 13.2 Å². The first-order chi connectivity index (χ1) is 9.43. The Bertz CT molecular complexity index is 567. The van der Waals surface area contributed by atoms with Crippen LogP contribution in [0.1, 0.15) is 24.0 Å². The van der Waals surface area contributed by atoms with Crippen molar-refractivity contribution in [3.8, 4) is 0 Å². The molecule has 1 saturated carbocycles. The number of ether oxygens (including phenoxy) is 1. The van der Waals surface area contributed by atoms with Gasteiger partial charge in [0.15, 0.2) is 9.84 Å². The highest BCUT2D eigenvalue weighted by atomic mass is 32.2. The lowest BCUT2D eigenvalue weighted by Gasteiger charge is -2.14. The lowest BCUT2D eigenvalue weighted by Crippen LogP contribution is -2.28. The molecule has 1 fully saturated rings. The van der Waals surface area contributed by atoms with E-state index in [4.69, 9.17) is 10.5 Å². The normalized spacial score (nSPS) is 29.4. The molecule has 1 aliphatic carbocycles. The Labute approximate surface area is 121 Å². The molecule has 3 atom stereocenters. The summed E-state index contributed by atoms with van der Waals surface area (Å²) in [4.78, 5) is 0. The van der Waals surface area contributed by atoms with E-state index >= 15 is 0 Å². The molecule has 1 aromatic rings. The maximum absolute atomic E-state index is 12.4. The molecule has 1 aliphatic rings. The van der Waals surface area contributed by atoms with E-state index in [9.17, 15) is 8.42 Å². The van der Waals surface area contributed by atoms with Crippen molar-refractivity contribution in [2.75, 3.05) is 26.0 Å². The molecule has 0 amide bonds. The topological polar surface area (TPSA) is 69.4 Å². The highest BCUT2D eigenvalue weighted by molar-refractivity contribution is 7.92. The van der Waals surface area contributed by atoms with Gasteiger partial charge in [-0.3, -0.25) is 0 Å². The van der Waals surface area contributed by atoms with E-state index < -0.39 is 20.5 Å². The minimum atomic E-state index is -3.13. The maximum atomic E-state index is 12.4. The van der Waals surface area contributed by atoms with Crippen molar-refractivity contribution in [2.24, 2.45) is 11.1 Å². The number of hydrogen-bond acceptors (Lipinski definition) is 4. The molecule has 0 radical (unpaired) electrons. The number of nitrogens with two attached hydrogens (primary N) is 1. The van der Waals surface area contributed by atoms with Gasteiger partial charge in [0.1, 0.15) is 0 Å². The van der Waals surface area contributed by atoms with Crippen molar-refractivity contribution in [3.63, 3.8) is 0 Å². The van der Waals surface area contributed by atoms with Crippen LogP contribution in [0.15, 0.2) is 24.3 Å². The van der Waals surface area contributed by atoms with E-state index in [1.807, 2.05) is 31.2 Å². The summed E-state index contributed by atoms with van der Waals surface area (Å²) in [5.74, 6) is 0.0869. The van der Waals surface area contributed by atoms with Crippen LogP contribution in [0.2, 0.25) is 0 Å².